The first-order valence-corrected chi connectivity index (χ1v) is 11.2. The number of aryl methyl sites for hydroxylation is 3. The van der Waals surface area contributed by atoms with Crippen LogP contribution < -0.4 is 4.57 Å². The number of benzene rings is 3. The minimum atomic E-state index is 0.264. The molecule has 3 aromatic heterocycles. The van der Waals surface area contributed by atoms with Crippen LogP contribution in [0.4, 0.5) is 0 Å². The Hall–Kier alpha value is -3.13. The van der Waals surface area contributed by atoms with E-state index in [0.29, 0.717) is 0 Å². The maximum atomic E-state index is 2.54. The molecule has 2 nitrogen and oxygen atoms in total. The second kappa shape index (κ2) is 5.97. The van der Waals surface area contributed by atoms with E-state index in [1.807, 2.05) is 0 Å². The molecule has 0 spiro atoms. The van der Waals surface area contributed by atoms with Crippen molar-refractivity contribution in [3.63, 3.8) is 0 Å². The van der Waals surface area contributed by atoms with Gasteiger partial charge in [0, 0.05) is 16.8 Å². The second-order valence-electron chi connectivity index (χ2n) is 10.5. The van der Waals surface area contributed by atoms with Crippen LogP contribution in [0.25, 0.3) is 49.0 Å². The van der Waals surface area contributed by atoms with Gasteiger partial charge in [-0.1, -0.05) is 45.0 Å². The van der Waals surface area contributed by atoms with E-state index in [9.17, 15) is 0 Å². The van der Waals surface area contributed by atoms with Crippen LogP contribution in [0.5, 0.6) is 0 Å². The number of hydrogen-bond acceptors (Lipinski definition) is 0. The average molecular weight is 406 g/mol. The van der Waals surface area contributed by atoms with Gasteiger partial charge in [-0.05, 0) is 66.0 Å². The van der Waals surface area contributed by atoms with Gasteiger partial charge in [-0.2, -0.15) is 0 Å². The van der Waals surface area contributed by atoms with Crippen molar-refractivity contribution in [2.24, 2.45) is 12.5 Å². The van der Waals surface area contributed by atoms with Crippen molar-refractivity contribution in [1.29, 1.82) is 0 Å². The average Bonchev–Trinajstić information content (AvgIpc) is 3.02. The molecule has 0 radical (unpaired) electrons. The molecule has 154 valence electrons. The van der Waals surface area contributed by atoms with Crippen molar-refractivity contribution in [1.82, 2.24) is 4.40 Å². The lowest BCUT2D eigenvalue weighted by Gasteiger charge is -2.18. The Morgan fingerprint density at radius 1 is 0.871 bits per heavy atom. The lowest BCUT2D eigenvalue weighted by molar-refractivity contribution is -0.643. The number of pyridine rings is 2. The number of aromatic nitrogens is 2. The van der Waals surface area contributed by atoms with E-state index < -0.39 is 0 Å². The molecule has 0 unspecified atom stereocenters. The summed E-state index contributed by atoms with van der Waals surface area (Å²) in [5.74, 6) is 0. The fourth-order valence-corrected chi connectivity index (χ4v) is 5.60. The molecule has 0 aliphatic heterocycles. The van der Waals surface area contributed by atoms with E-state index in [4.69, 9.17) is 0 Å². The predicted octanol–water partition coefficient (Wildman–Crippen LogP) is 7.02. The monoisotopic (exact) mass is 405 g/mol. The van der Waals surface area contributed by atoms with Gasteiger partial charge < -0.3 is 4.40 Å². The largest absolute Gasteiger partial charge is 0.307 e. The van der Waals surface area contributed by atoms with Crippen molar-refractivity contribution < 1.29 is 4.57 Å². The van der Waals surface area contributed by atoms with Crippen LogP contribution in [-0.2, 0) is 13.5 Å². The highest BCUT2D eigenvalue weighted by Crippen LogP contribution is 2.42. The summed E-state index contributed by atoms with van der Waals surface area (Å²) in [5, 5.41) is 6.76. The standard InChI is InChI=1S/C29H29N2/c1-17-14-22-21-11-10-19(16-29(3,4)5)15-24(21)31-23-9-7-8-20-12-13-30(6)28(26(20)23)25(18(17)2)27(22)31/h7-15H,16H2,1-6H3/q+1. The Kier molecular flexibility index (Phi) is 3.59. The summed E-state index contributed by atoms with van der Waals surface area (Å²) in [5.41, 5.74) is 9.73. The van der Waals surface area contributed by atoms with Gasteiger partial charge in [0.25, 0.3) is 0 Å². The van der Waals surface area contributed by atoms with Gasteiger partial charge in [0.1, 0.15) is 7.05 Å². The van der Waals surface area contributed by atoms with Crippen molar-refractivity contribution in [3.8, 4) is 0 Å². The molecule has 0 saturated heterocycles. The quantitative estimate of drug-likeness (QED) is 0.158. The Morgan fingerprint density at radius 2 is 1.68 bits per heavy atom. The van der Waals surface area contributed by atoms with Gasteiger partial charge in [-0.15, -0.1) is 0 Å². The molecule has 3 aromatic carbocycles. The lowest BCUT2D eigenvalue weighted by Crippen LogP contribution is -2.29. The van der Waals surface area contributed by atoms with E-state index >= 15 is 0 Å². The zero-order chi connectivity index (χ0) is 21.7. The molecule has 0 atom stereocenters. The smallest absolute Gasteiger partial charge is 0.224 e. The molecule has 0 amide bonds. The number of nitrogens with zero attached hydrogens (tertiary/aromatic N) is 2. The summed E-state index contributed by atoms with van der Waals surface area (Å²) in [6.45, 7) is 11.5. The van der Waals surface area contributed by atoms with Crippen LogP contribution in [0, 0.1) is 19.3 Å². The van der Waals surface area contributed by atoms with Crippen molar-refractivity contribution >= 4 is 49.0 Å². The lowest BCUT2D eigenvalue weighted by atomic mass is 9.88. The first-order chi connectivity index (χ1) is 14.7. The van der Waals surface area contributed by atoms with Crippen LogP contribution in [0.15, 0.2) is 54.7 Å². The molecule has 0 N–H and O–H groups in total. The molecule has 0 fully saturated rings. The van der Waals surface area contributed by atoms with E-state index in [1.54, 1.807) is 0 Å². The molecule has 0 aliphatic carbocycles. The maximum Gasteiger partial charge on any atom is 0.224 e. The minimum absolute atomic E-state index is 0.264. The first-order valence-electron chi connectivity index (χ1n) is 11.2. The number of hydrogen-bond donors (Lipinski definition) is 0. The fraction of sp³-hybridized carbons (Fsp3) is 0.276. The van der Waals surface area contributed by atoms with Crippen LogP contribution in [0.2, 0.25) is 0 Å². The zero-order valence-electron chi connectivity index (χ0n) is 19.3. The second-order valence-corrected chi connectivity index (χ2v) is 10.5. The molecule has 6 aromatic rings. The van der Waals surface area contributed by atoms with Crippen molar-refractivity contribution in [2.75, 3.05) is 0 Å². The summed E-state index contributed by atoms with van der Waals surface area (Å²) in [7, 11) is 2.18. The van der Waals surface area contributed by atoms with Gasteiger partial charge in [0.15, 0.2) is 6.20 Å². The summed E-state index contributed by atoms with van der Waals surface area (Å²) in [6, 6.07) is 18.5. The number of fused-ring (bicyclic) bond motifs is 5. The Bertz CT molecular complexity index is 1660. The Labute approximate surface area is 183 Å². The Morgan fingerprint density at radius 3 is 2.45 bits per heavy atom. The van der Waals surface area contributed by atoms with Crippen LogP contribution >= 0.6 is 0 Å². The van der Waals surface area contributed by atoms with Crippen LogP contribution in [0.3, 0.4) is 0 Å². The summed E-state index contributed by atoms with van der Waals surface area (Å²) >= 11 is 0. The van der Waals surface area contributed by atoms with Gasteiger partial charge >= 0.3 is 0 Å². The molecule has 0 bridgehead atoms. The zero-order valence-corrected chi connectivity index (χ0v) is 19.3. The van der Waals surface area contributed by atoms with Crippen LogP contribution in [-0.4, -0.2) is 4.40 Å². The van der Waals surface area contributed by atoms with Gasteiger partial charge in [0.05, 0.1) is 27.3 Å². The normalized spacial score (nSPS) is 13.0. The third kappa shape index (κ3) is 2.48. The van der Waals surface area contributed by atoms with E-state index in [0.717, 1.165) is 6.42 Å². The topological polar surface area (TPSA) is 8.29 Å². The van der Waals surface area contributed by atoms with E-state index in [-0.39, 0.29) is 5.41 Å². The SMILES string of the molecule is Cc1cc2c3ccc(CC(C)(C)C)cc3n3c4cccc5cc[n+](C)c(c(c1C)c23)c54. The van der Waals surface area contributed by atoms with Gasteiger partial charge in [0.2, 0.25) is 5.52 Å². The van der Waals surface area contributed by atoms with E-state index in [2.05, 4.69) is 105 Å². The highest BCUT2D eigenvalue weighted by Gasteiger charge is 2.24. The Balaban J connectivity index is 1.95. The molecule has 31 heavy (non-hydrogen) atoms. The predicted molar refractivity (Wildman–Crippen MR) is 132 cm³/mol. The maximum absolute atomic E-state index is 2.54. The molecule has 0 aliphatic rings. The first kappa shape index (κ1) is 18.6. The summed E-state index contributed by atoms with van der Waals surface area (Å²) in [6.07, 6.45) is 3.28. The minimum Gasteiger partial charge on any atom is -0.307 e. The molecular weight excluding hydrogens is 376 g/mol. The third-order valence-corrected chi connectivity index (χ3v) is 6.99. The van der Waals surface area contributed by atoms with Crippen molar-refractivity contribution in [3.05, 3.63) is 71.4 Å². The highest BCUT2D eigenvalue weighted by molar-refractivity contribution is 6.26. The summed E-state index contributed by atoms with van der Waals surface area (Å²) in [4.78, 5) is 0. The van der Waals surface area contributed by atoms with Gasteiger partial charge in [-0.3, -0.25) is 0 Å². The highest BCUT2D eigenvalue weighted by atomic mass is 15.0. The molecule has 6 rings (SSSR count). The number of rotatable bonds is 1. The molecular formula is C29H29N2+. The van der Waals surface area contributed by atoms with Crippen LogP contribution in [0.1, 0.15) is 37.5 Å². The molecule has 3 heterocycles. The fourth-order valence-electron chi connectivity index (χ4n) is 5.60. The molecule has 0 saturated carbocycles. The van der Waals surface area contributed by atoms with E-state index in [1.165, 1.54) is 65.7 Å². The molecule has 2 heteroatoms. The van der Waals surface area contributed by atoms with Gasteiger partial charge in [-0.25, -0.2) is 4.57 Å². The third-order valence-electron chi connectivity index (χ3n) is 6.99. The summed E-state index contributed by atoms with van der Waals surface area (Å²) < 4.78 is 4.84. The van der Waals surface area contributed by atoms with Crippen molar-refractivity contribution in [2.45, 2.75) is 41.0 Å².